The molecule has 0 radical (unpaired) electrons. The lowest BCUT2D eigenvalue weighted by atomic mass is 9.93. The van der Waals surface area contributed by atoms with E-state index in [0.717, 1.165) is 11.1 Å². The van der Waals surface area contributed by atoms with E-state index in [9.17, 15) is 9.90 Å². The van der Waals surface area contributed by atoms with Crippen molar-refractivity contribution < 1.29 is 14.6 Å². The monoisotopic (exact) mass is 236 g/mol. The summed E-state index contributed by atoms with van der Waals surface area (Å²) >= 11 is 0. The Balaban J connectivity index is 2.70. The first-order valence-corrected chi connectivity index (χ1v) is 5.84. The van der Waals surface area contributed by atoms with E-state index in [1.165, 1.54) is 0 Å². The van der Waals surface area contributed by atoms with Crippen LogP contribution in [0.3, 0.4) is 0 Å². The number of aliphatic carboxylic acids is 1. The van der Waals surface area contributed by atoms with Crippen LogP contribution in [0, 0.1) is 12.8 Å². The molecule has 0 amide bonds. The number of rotatable bonds is 6. The molecule has 0 heterocycles. The van der Waals surface area contributed by atoms with Crippen LogP contribution in [0.5, 0.6) is 0 Å². The molecule has 2 atom stereocenters. The van der Waals surface area contributed by atoms with Gasteiger partial charge in [-0.2, -0.15) is 0 Å². The SMILES string of the molecule is COC(C)CC(Cc1cccc(C)c1)C(=O)O. The van der Waals surface area contributed by atoms with Crippen LogP contribution in [-0.2, 0) is 16.0 Å². The normalized spacial score (nSPS) is 14.3. The number of hydrogen-bond donors (Lipinski definition) is 1. The molecular formula is C14H20O3. The van der Waals surface area contributed by atoms with Crippen LogP contribution in [0.1, 0.15) is 24.5 Å². The third kappa shape index (κ3) is 4.57. The summed E-state index contributed by atoms with van der Waals surface area (Å²) in [6.07, 6.45) is 1.07. The molecule has 0 aliphatic heterocycles. The van der Waals surface area contributed by atoms with Gasteiger partial charge < -0.3 is 9.84 Å². The molecule has 3 nitrogen and oxygen atoms in total. The van der Waals surface area contributed by atoms with Gasteiger partial charge in [0.2, 0.25) is 0 Å². The highest BCUT2D eigenvalue weighted by atomic mass is 16.5. The molecule has 1 N–H and O–H groups in total. The maximum atomic E-state index is 11.2. The van der Waals surface area contributed by atoms with Gasteiger partial charge in [0.25, 0.3) is 0 Å². The van der Waals surface area contributed by atoms with E-state index >= 15 is 0 Å². The minimum atomic E-state index is -0.754. The lowest BCUT2D eigenvalue weighted by Gasteiger charge is -2.16. The maximum Gasteiger partial charge on any atom is 0.306 e. The number of aryl methyl sites for hydroxylation is 1. The smallest absolute Gasteiger partial charge is 0.306 e. The Morgan fingerprint density at radius 2 is 2.18 bits per heavy atom. The highest BCUT2D eigenvalue weighted by Crippen LogP contribution is 2.17. The van der Waals surface area contributed by atoms with Crippen molar-refractivity contribution in [1.82, 2.24) is 0 Å². The summed E-state index contributed by atoms with van der Waals surface area (Å²) < 4.78 is 5.13. The topological polar surface area (TPSA) is 46.5 Å². The molecule has 0 aliphatic rings. The zero-order chi connectivity index (χ0) is 12.8. The highest BCUT2D eigenvalue weighted by Gasteiger charge is 2.20. The molecule has 1 aromatic carbocycles. The summed E-state index contributed by atoms with van der Waals surface area (Å²) in [6, 6.07) is 7.98. The van der Waals surface area contributed by atoms with Gasteiger partial charge in [0.15, 0.2) is 0 Å². The standard InChI is InChI=1S/C14H20O3/c1-10-5-4-6-12(7-10)9-13(14(15)16)8-11(2)17-3/h4-7,11,13H,8-9H2,1-3H3,(H,15,16). The molecule has 0 aliphatic carbocycles. The lowest BCUT2D eigenvalue weighted by Crippen LogP contribution is -2.22. The van der Waals surface area contributed by atoms with Gasteiger partial charge >= 0.3 is 5.97 Å². The van der Waals surface area contributed by atoms with Crippen LogP contribution >= 0.6 is 0 Å². The Morgan fingerprint density at radius 3 is 2.71 bits per heavy atom. The number of carboxylic acids is 1. The second kappa shape index (κ2) is 6.40. The molecule has 0 fully saturated rings. The number of methoxy groups -OCH3 is 1. The van der Waals surface area contributed by atoms with Gasteiger partial charge in [-0.15, -0.1) is 0 Å². The first-order valence-electron chi connectivity index (χ1n) is 5.84. The van der Waals surface area contributed by atoms with Gasteiger partial charge in [-0.05, 0) is 32.3 Å². The van der Waals surface area contributed by atoms with Crippen LogP contribution in [0.25, 0.3) is 0 Å². The van der Waals surface area contributed by atoms with E-state index in [4.69, 9.17) is 4.74 Å². The van der Waals surface area contributed by atoms with Gasteiger partial charge in [0, 0.05) is 7.11 Å². The van der Waals surface area contributed by atoms with Crippen molar-refractivity contribution in [2.24, 2.45) is 5.92 Å². The third-order valence-corrected chi connectivity index (χ3v) is 2.93. The predicted octanol–water partition coefficient (Wildman–Crippen LogP) is 2.66. The molecule has 3 heteroatoms. The van der Waals surface area contributed by atoms with Crippen LogP contribution in [0.4, 0.5) is 0 Å². The van der Waals surface area contributed by atoms with E-state index in [1.54, 1.807) is 7.11 Å². The molecule has 0 saturated carbocycles. The van der Waals surface area contributed by atoms with E-state index in [1.807, 2.05) is 38.1 Å². The molecule has 0 bridgehead atoms. The second-order valence-corrected chi connectivity index (χ2v) is 4.51. The van der Waals surface area contributed by atoms with Crippen molar-refractivity contribution in [2.45, 2.75) is 32.8 Å². The molecule has 17 heavy (non-hydrogen) atoms. The van der Waals surface area contributed by atoms with Crippen molar-refractivity contribution >= 4 is 5.97 Å². The maximum absolute atomic E-state index is 11.2. The second-order valence-electron chi connectivity index (χ2n) is 4.51. The van der Waals surface area contributed by atoms with Gasteiger partial charge in [-0.25, -0.2) is 0 Å². The predicted molar refractivity (Wildman–Crippen MR) is 67.1 cm³/mol. The van der Waals surface area contributed by atoms with Gasteiger partial charge in [0.1, 0.15) is 0 Å². The summed E-state index contributed by atoms with van der Waals surface area (Å²) in [4.78, 5) is 11.2. The molecule has 2 unspecified atom stereocenters. The minimum Gasteiger partial charge on any atom is -0.481 e. The van der Waals surface area contributed by atoms with Crippen molar-refractivity contribution in [3.05, 3.63) is 35.4 Å². The lowest BCUT2D eigenvalue weighted by molar-refractivity contribution is -0.142. The van der Waals surface area contributed by atoms with Crippen LogP contribution in [0.15, 0.2) is 24.3 Å². The number of hydrogen-bond acceptors (Lipinski definition) is 2. The number of ether oxygens (including phenoxy) is 1. The summed E-state index contributed by atoms with van der Waals surface area (Å²) in [6.45, 7) is 3.91. The fraction of sp³-hybridized carbons (Fsp3) is 0.500. The average Bonchev–Trinajstić information content (AvgIpc) is 2.27. The summed E-state index contributed by atoms with van der Waals surface area (Å²) in [5.74, 6) is -1.14. The Morgan fingerprint density at radius 1 is 1.47 bits per heavy atom. The fourth-order valence-electron chi connectivity index (χ4n) is 1.89. The molecular weight excluding hydrogens is 216 g/mol. The Bertz CT molecular complexity index is 373. The van der Waals surface area contributed by atoms with E-state index in [-0.39, 0.29) is 12.0 Å². The first-order chi connectivity index (χ1) is 8.02. The highest BCUT2D eigenvalue weighted by molar-refractivity contribution is 5.70. The summed E-state index contributed by atoms with van der Waals surface area (Å²) in [5.41, 5.74) is 2.23. The molecule has 1 rings (SSSR count). The van der Waals surface area contributed by atoms with E-state index < -0.39 is 5.97 Å². The summed E-state index contributed by atoms with van der Waals surface area (Å²) in [7, 11) is 1.61. The van der Waals surface area contributed by atoms with Crippen molar-refractivity contribution in [2.75, 3.05) is 7.11 Å². The minimum absolute atomic E-state index is 0.0269. The Kier molecular flexibility index (Phi) is 5.16. The van der Waals surface area contributed by atoms with Crippen molar-refractivity contribution in [1.29, 1.82) is 0 Å². The number of carbonyl (C=O) groups is 1. The van der Waals surface area contributed by atoms with Gasteiger partial charge in [-0.3, -0.25) is 4.79 Å². The molecule has 0 spiro atoms. The molecule has 94 valence electrons. The largest absolute Gasteiger partial charge is 0.481 e. The van der Waals surface area contributed by atoms with E-state index in [0.29, 0.717) is 12.8 Å². The van der Waals surface area contributed by atoms with Crippen molar-refractivity contribution in [3.8, 4) is 0 Å². The quantitative estimate of drug-likeness (QED) is 0.826. The number of benzene rings is 1. The van der Waals surface area contributed by atoms with Crippen LogP contribution < -0.4 is 0 Å². The molecule has 0 saturated heterocycles. The van der Waals surface area contributed by atoms with E-state index in [2.05, 4.69) is 0 Å². The van der Waals surface area contributed by atoms with Gasteiger partial charge in [0.05, 0.1) is 12.0 Å². The zero-order valence-electron chi connectivity index (χ0n) is 10.6. The Labute approximate surface area is 102 Å². The third-order valence-electron chi connectivity index (χ3n) is 2.93. The fourth-order valence-corrected chi connectivity index (χ4v) is 1.89. The summed E-state index contributed by atoms with van der Waals surface area (Å²) in [5, 5.41) is 9.19. The first kappa shape index (κ1) is 13.7. The zero-order valence-corrected chi connectivity index (χ0v) is 10.6. The van der Waals surface area contributed by atoms with Crippen LogP contribution in [0.2, 0.25) is 0 Å². The van der Waals surface area contributed by atoms with Gasteiger partial charge in [-0.1, -0.05) is 29.8 Å². The number of carboxylic acid groups (broad SMARTS) is 1. The van der Waals surface area contributed by atoms with Crippen molar-refractivity contribution in [3.63, 3.8) is 0 Å². The molecule has 0 aromatic heterocycles. The Hall–Kier alpha value is -1.35. The molecule has 1 aromatic rings. The van der Waals surface area contributed by atoms with Crippen LogP contribution in [-0.4, -0.2) is 24.3 Å². The average molecular weight is 236 g/mol.